The second kappa shape index (κ2) is 13.6. The van der Waals surface area contributed by atoms with Gasteiger partial charge in [-0.1, -0.05) is 35.9 Å². The molecule has 3 rings (SSSR count). The molecule has 0 aliphatic rings. The number of nitrogens with one attached hydrogen (secondary N) is 2. The van der Waals surface area contributed by atoms with Crippen LogP contribution in [0.25, 0.3) is 11.3 Å². The summed E-state index contributed by atoms with van der Waals surface area (Å²) in [7, 11) is 0. The van der Waals surface area contributed by atoms with Gasteiger partial charge in [-0.3, -0.25) is 14.4 Å². The van der Waals surface area contributed by atoms with Crippen LogP contribution in [0.3, 0.4) is 0 Å². The fourth-order valence-corrected chi connectivity index (χ4v) is 4.13. The number of carbonyl (C=O) groups excluding carboxylic acids is 3. The quantitative estimate of drug-likeness (QED) is 0.270. The van der Waals surface area contributed by atoms with Gasteiger partial charge in [0.25, 0.3) is 5.91 Å². The number of aryl methyl sites for hydroxylation is 1. The molecular weight excluding hydrogens is 565 g/mol. The summed E-state index contributed by atoms with van der Waals surface area (Å²) in [5.74, 6) is -1.21. The van der Waals surface area contributed by atoms with Gasteiger partial charge >= 0.3 is 6.18 Å². The number of aliphatic hydroxyl groups excluding tert-OH is 1. The summed E-state index contributed by atoms with van der Waals surface area (Å²) in [6.45, 7) is 4.07. The minimum Gasteiger partial charge on any atom is -0.480 e. The molecule has 0 fully saturated rings. The molecule has 9 nitrogen and oxygen atoms in total. The zero-order chi connectivity index (χ0) is 30.3. The number of aliphatic hydroxyl groups is 1. The molecule has 2 aromatic carbocycles. The number of nitrogens with zero attached hydrogens (tertiary/aromatic N) is 2. The predicted octanol–water partition coefficient (Wildman–Crippen LogP) is 4.21. The zero-order valence-electron chi connectivity index (χ0n) is 22.6. The van der Waals surface area contributed by atoms with Gasteiger partial charge in [-0.2, -0.15) is 13.2 Å². The van der Waals surface area contributed by atoms with Crippen molar-refractivity contribution >= 4 is 29.2 Å². The number of amides is 2. The first kappa shape index (κ1) is 31.6. The van der Waals surface area contributed by atoms with E-state index < -0.39 is 36.7 Å². The molecule has 0 aliphatic carbocycles. The summed E-state index contributed by atoms with van der Waals surface area (Å²) >= 11 is 6.08. The highest BCUT2D eigenvalue weighted by Gasteiger charge is 2.38. The maximum absolute atomic E-state index is 13.0. The molecule has 0 bridgehead atoms. The number of carbonyl (C=O) groups is 3. The lowest BCUT2D eigenvalue weighted by Crippen LogP contribution is -2.45. The number of alkyl halides is 3. The van der Waals surface area contributed by atoms with Crippen molar-refractivity contribution in [3.63, 3.8) is 0 Å². The first-order valence-corrected chi connectivity index (χ1v) is 13.1. The van der Waals surface area contributed by atoms with Crippen LogP contribution in [0, 0.1) is 0 Å². The van der Waals surface area contributed by atoms with Crippen molar-refractivity contribution in [1.82, 2.24) is 20.2 Å². The molecular formula is C28H30ClF3N4O5. The molecule has 220 valence electrons. The van der Waals surface area contributed by atoms with Crippen LogP contribution in [0.4, 0.5) is 13.2 Å². The van der Waals surface area contributed by atoms with Crippen molar-refractivity contribution in [2.45, 2.75) is 52.1 Å². The van der Waals surface area contributed by atoms with Gasteiger partial charge in [0.1, 0.15) is 12.4 Å². The van der Waals surface area contributed by atoms with Gasteiger partial charge in [-0.15, -0.1) is 0 Å². The van der Waals surface area contributed by atoms with E-state index in [1.54, 1.807) is 10.8 Å². The summed E-state index contributed by atoms with van der Waals surface area (Å²) in [5.41, 5.74) is 2.30. The Morgan fingerprint density at radius 2 is 1.83 bits per heavy atom. The van der Waals surface area contributed by atoms with Gasteiger partial charge in [0, 0.05) is 37.3 Å². The summed E-state index contributed by atoms with van der Waals surface area (Å²) in [6.07, 6.45) is -4.59. The van der Waals surface area contributed by atoms with E-state index in [1.165, 1.54) is 25.1 Å². The first-order chi connectivity index (χ1) is 19.3. The molecule has 1 aromatic heterocycles. The number of Topliss-reactive ketones (excluding diaryl/α,β-unsaturated/α-hetero) is 1. The molecule has 0 radical (unpaired) electrons. The van der Waals surface area contributed by atoms with E-state index in [-0.39, 0.29) is 35.1 Å². The Morgan fingerprint density at radius 3 is 2.37 bits per heavy atom. The number of hydrogen-bond acceptors (Lipinski definition) is 6. The Balaban J connectivity index is 1.75. The Bertz CT molecular complexity index is 1390. The Morgan fingerprint density at radius 1 is 1.15 bits per heavy atom. The normalized spacial score (nSPS) is 12.9. The lowest BCUT2D eigenvalue weighted by molar-refractivity contribution is -0.189. The molecule has 0 saturated carbocycles. The third-order valence-electron chi connectivity index (χ3n) is 6.15. The molecule has 0 aliphatic heterocycles. The number of imidazole rings is 1. The predicted molar refractivity (Wildman–Crippen MR) is 146 cm³/mol. The molecule has 2 atom stereocenters. The lowest BCUT2D eigenvalue weighted by atomic mass is 10.0. The summed E-state index contributed by atoms with van der Waals surface area (Å²) in [4.78, 5) is 40.9. The van der Waals surface area contributed by atoms with Gasteiger partial charge < -0.3 is 25.0 Å². The zero-order valence-corrected chi connectivity index (χ0v) is 23.3. The molecule has 3 N–H and O–H groups in total. The van der Waals surface area contributed by atoms with Crippen molar-refractivity contribution in [2.24, 2.45) is 0 Å². The summed E-state index contributed by atoms with van der Waals surface area (Å²) in [6, 6.07) is 10.3. The first-order valence-electron chi connectivity index (χ1n) is 12.7. The molecule has 13 heteroatoms. The van der Waals surface area contributed by atoms with Crippen LogP contribution in [-0.2, 0) is 17.8 Å². The fraction of sp³-hybridized carbons (Fsp3) is 0.357. The molecule has 2 amide bonds. The van der Waals surface area contributed by atoms with E-state index in [4.69, 9.17) is 21.4 Å². The highest BCUT2D eigenvalue weighted by atomic mass is 35.5. The lowest BCUT2D eigenvalue weighted by Gasteiger charge is -2.21. The standard InChI is InChI=1S/C28H30ClF3N4O5/c1-4-36-14-23(35-26(36)16(2)38)19-7-5-18(6-8-19)11-21(13-33-25(39)15-37)34-27(40)20-9-10-24(22(29)12-20)41-17(3)28(30,31)32/h5-10,12,14,17,21,37H,4,11,13,15H2,1-3H3,(H,33,39)(H,34,40). The minimum atomic E-state index is -4.58. The number of ether oxygens (including phenoxy) is 1. The fourth-order valence-electron chi connectivity index (χ4n) is 3.90. The largest absolute Gasteiger partial charge is 0.480 e. The molecule has 0 saturated heterocycles. The monoisotopic (exact) mass is 594 g/mol. The topological polar surface area (TPSA) is 123 Å². The average molecular weight is 595 g/mol. The van der Waals surface area contributed by atoms with E-state index >= 15 is 0 Å². The highest BCUT2D eigenvalue weighted by Crippen LogP contribution is 2.30. The van der Waals surface area contributed by atoms with Crippen molar-refractivity contribution in [2.75, 3.05) is 13.2 Å². The van der Waals surface area contributed by atoms with Crippen molar-refractivity contribution in [3.8, 4) is 17.0 Å². The summed E-state index contributed by atoms with van der Waals surface area (Å²) < 4.78 is 45.1. The minimum absolute atomic E-state index is 0.00616. The second-order valence-corrected chi connectivity index (χ2v) is 9.68. The molecule has 0 spiro atoms. The molecule has 1 heterocycles. The van der Waals surface area contributed by atoms with Crippen molar-refractivity contribution in [3.05, 3.63) is 70.6 Å². The van der Waals surface area contributed by atoms with Crippen molar-refractivity contribution in [1.29, 1.82) is 0 Å². The van der Waals surface area contributed by atoms with Crippen LogP contribution in [-0.4, -0.2) is 63.7 Å². The third kappa shape index (κ3) is 8.54. The molecule has 3 aromatic rings. The van der Waals surface area contributed by atoms with E-state index in [1.807, 2.05) is 31.2 Å². The number of benzene rings is 2. The van der Waals surface area contributed by atoms with E-state index in [9.17, 15) is 27.6 Å². The maximum atomic E-state index is 13.0. The highest BCUT2D eigenvalue weighted by molar-refractivity contribution is 6.32. The maximum Gasteiger partial charge on any atom is 0.425 e. The smallest absolute Gasteiger partial charge is 0.425 e. The summed E-state index contributed by atoms with van der Waals surface area (Å²) in [5, 5.41) is 14.2. The van der Waals surface area contributed by atoms with Crippen LogP contribution < -0.4 is 15.4 Å². The van der Waals surface area contributed by atoms with Gasteiger partial charge in [0.15, 0.2) is 17.7 Å². The number of rotatable bonds is 12. The van der Waals surface area contributed by atoms with E-state index in [0.717, 1.165) is 18.1 Å². The van der Waals surface area contributed by atoms with E-state index in [0.29, 0.717) is 18.1 Å². The van der Waals surface area contributed by atoms with Crippen LogP contribution in [0.5, 0.6) is 5.75 Å². The van der Waals surface area contributed by atoms with Gasteiger partial charge in [0.2, 0.25) is 5.91 Å². The molecule has 41 heavy (non-hydrogen) atoms. The van der Waals surface area contributed by atoms with Gasteiger partial charge in [0.05, 0.1) is 16.8 Å². The second-order valence-electron chi connectivity index (χ2n) is 9.27. The third-order valence-corrected chi connectivity index (χ3v) is 6.44. The van der Waals surface area contributed by atoms with Gasteiger partial charge in [-0.05, 0) is 44.0 Å². The van der Waals surface area contributed by atoms with Crippen LogP contribution in [0.15, 0.2) is 48.7 Å². The van der Waals surface area contributed by atoms with Gasteiger partial charge in [-0.25, -0.2) is 4.98 Å². The average Bonchev–Trinajstić information content (AvgIpc) is 3.37. The van der Waals surface area contributed by atoms with Crippen LogP contribution in [0.2, 0.25) is 5.02 Å². The Labute approximate surface area is 239 Å². The van der Waals surface area contributed by atoms with Crippen LogP contribution >= 0.6 is 11.6 Å². The van der Waals surface area contributed by atoms with Crippen LogP contribution in [0.1, 0.15) is 47.3 Å². The molecule has 2 unspecified atom stereocenters. The van der Waals surface area contributed by atoms with E-state index in [2.05, 4.69) is 15.6 Å². The number of ketones is 1. The number of halogens is 4. The SMILES string of the molecule is CCn1cc(-c2ccc(CC(CNC(=O)CO)NC(=O)c3ccc(OC(C)C(F)(F)F)c(Cl)c3)cc2)nc1C(C)=O. The number of hydrogen-bond donors (Lipinski definition) is 3. The number of aromatic nitrogens is 2. The van der Waals surface area contributed by atoms with Crippen molar-refractivity contribution < 1.29 is 37.4 Å². The Kier molecular flexibility index (Phi) is 10.5. The Hall–Kier alpha value is -3.90.